The maximum absolute atomic E-state index is 13.4. The molecule has 1 atom stereocenters. The molecule has 4 amide bonds. The van der Waals surface area contributed by atoms with Gasteiger partial charge in [-0.05, 0) is 68.9 Å². The molecule has 2 aromatic heterocycles. The Morgan fingerprint density at radius 3 is 2.76 bits per heavy atom. The lowest BCUT2D eigenvalue weighted by Gasteiger charge is -2.31. The van der Waals surface area contributed by atoms with Crippen LogP contribution in [0.25, 0.3) is 10.2 Å². The van der Waals surface area contributed by atoms with E-state index in [0.29, 0.717) is 45.9 Å². The summed E-state index contributed by atoms with van der Waals surface area (Å²) in [6.07, 6.45) is 5.62. The maximum atomic E-state index is 13.4. The number of nitrogens with zero attached hydrogens (tertiary/aromatic N) is 3. The third-order valence-electron chi connectivity index (χ3n) is 7.24. The van der Waals surface area contributed by atoms with Crippen LogP contribution in [0.15, 0.2) is 30.5 Å². The largest absolute Gasteiger partial charge is 0.490 e. The number of benzene rings is 1. The van der Waals surface area contributed by atoms with Crippen LogP contribution in [0.4, 0.5) is 26.7 Å². The van der Waals surface area contributed by atoms with Gasteiger partial charge < -0.3 is 25.4 Å². The zero-order valence-electron chi connectivity index (χ0n) is 20.3. The molecule has 3 N–H and O–H groups in total. The fourth-order valence-electron chi connectivity index (χ4n) is 5.14. The number of hydrogen-bond donors (Lipinski definition) is 3. The number of carbonyl (C=O) groups excluding carboxylic acids is 2. The average Bonchev–Trinajstić information content (AvgIpc) is 3.22. The topological polar surface area (TPSA) is 124 Å². The first-order valence-corrected chi connectivity index (χ1v) is 13.3. The van der Waals surface area contributed by atoms with Gasteiger partial charge in [0.15, 0.2) is 0 Å². The molecule has 4 heterocycles. The standard InChI is InChI=1S/C26H27N5O5S/c1-14-12-17(36-16-5-2-6-16)7-8-18(14)31-19-9-10-27-24-20(19)21(29-25(31)33)22(37-24)23(32)28-15-4-3-11-30(13-15)26(34)35/h7-10,12,15-16H,2-6,11,13H2,1H3,(H,28,32)(H,29,33)(H,34,35). The van der Waals surface area contributed by atoms with E-state index in [1.165, 1.54) is 22.7 Å². The molecule has 0 bridgehead atoms. The van der Waals surface area contributed by atoms with E-state index in [-0.39, 0.29) is 30.6 Å². The van der Waals surface area contributed by atoms with Gasteiger partial charge in [-0.15, -0.1) is 11.3 Å². The van der Waals surface area contributed by atoms with Crippen LogP contribution in [0.5, 0.6) is 5.75 Å². The number of pyridine rings is 1. The zero-order chi connectivity index (χ0) is 25.7. The van der Waals surface area contributed by atoms with Crippen molar-refractivity contribution in [1.82, 2.24) is 15.2 Å². The highest BCUT2D eigenvalue weighted by atomic mass is 32.1. The van der Waals surface area contributed by atoms with Crippen molar-refractivity contribution in [2.75, 3.05) is 23.3 Å². The van der Waals surface area contributed by atoms with Gasteiger partial charge in [0.25, 0.3) is 5.91 Å². The number of rotatable bonds is 5. The van der Waals surface area contributed by atoms with Crippen molar-refractivity contribution < 1.29 is 24.2 Å². The number of piperidine rings is 1. The molecule has 0 spiro atoms. The van der Waals surface area contributed by atoms with Gasteiger partial charge in [-0.3, -0.25) is 9.69 Å². The fourth-order valence-corrected chi connectivity index (χ4v) is 6.16. The Morgan fingerprint density at radius 2 is 2.03 bits per heavy atom. The third kappa shape index (κ3) is 4.22. The monoisotopic (exact) mass is 521 g/mol. The Balaban J connectivity index is 1.30. The van der Waals surface area contributed by atoms with Crippen LogP contribution < -0.4 is 20.3 Å². The van der Waals surface area contributed by atoms with Crippen LogP contribution >= 0.6 is 11.3 Å². The Morgan fingerprint density at radius 1 is 1.19 bits per heavy atom. The van der Waals surface area contributed by atoms with Gasteiger partial charge in [0.1, 0.15) is 15.5 Å². The number of aromatic nitrogens is 1. The molecule has 37 heavy (non-hydrogen) atoms. The number of aryl methyl sites for hydroxylation is 1. The van der Waals surface area contributed by atoms with Crippen LogP contribution in [0.1, 0.15) is 47.3 Å². The lowest BCUT2D eigenvalue weighted by Crippen LogP contribution is -2.49. The molecule has 3 aliphatic rings. The summed E-state index contributed by atoms with van der Waals surface area (Å²) in [7, 11) is 0. The molecule has 3 aromatic rings. The maximum Gasteiger partial charge on any atom is 0.407 e. The average molecular weight is 522 g/mol. The van der Waals surface area contributed by atoms with Crippen molar-refractivity contribution in [1.29, 1.82) is 0 Å². The lowest BCUT2D eigenvalue weighted by atomic mass is 9.96. The van der Waals surface area contributed by atoms with Gasteiger partial charge in [-0.1, -0.05) is 0 Å². The molecule has 11 heteroatoms. The molecule has 192 valence electrons. The Kier molecular flexibility index (Phi) is 5.86. The summed E-state index contributed by atoms with van der Waals surface area (Å²) in [5.74, 6) is 0.450. The van der Waals surface area contributed by atoms with Crippen LogP contribution in [-0.4, -0.2) is 58.3 Å². The molecular formula is C26H27N5O5S. The number of carbonyl (C=O) groups is 3. The lowest BCUT2D eigenvalue weighted by molar-refractivity contribution is 0.0893. The van der Waals surface area contributed by atoms with E-state index >= 15 is 0 Å². The van der Waals surface area contributed by atoms with E-state index in [2.05, 4.69) is 15.6 Å². The predicted octanol–water partition coefficient (Wildman–Crippen LogP) is 5.09. The second-order valence-electron chi connectivity index (χ2n) is 9.74. The molecule has 2 aliphatic heterocycles. The number of carboxylic acid groups (broad SMARTS) is 1. The summed E-state index contributed by atoms with van der Waals surface area (Å²) < 4.78 is 6.02. The van der Waals surface area contributed by atoms with E-state index in [1.807, 2.05) is 25.1 Å². The van der Waals surface area contributed by atoms with Crippen molar-refractivity contribution in [2.24, 2.45) is 0 Å². The predicted molar refractivity (Wildman–Crippen MR) is 140 cm³/mol. The zero-order valence-corrected chi connectivity index (χ0v) is 21.1. The number of amides is 4. The van der Waals surface area contributed by atoms with E-state index in [1.54, 1.807) is 17.2 Å². The molecule has 1 saturated heterocycles. The highest BCUT2D eigenvalue weighted by molar-refractivity contribution is 7.21. The van der Waals surface area contributed by atoms with Gasteiger partial charge >= 0.3 is 12.1 Å². The van der Waals surface area contributed by atoms with Crippen molar-refractivity contribution in [3.63, 3.8) is 0 Å². The molecule has 6 rings (SSSR count). The molecule has 0 radical (unpaired) electrons. The normalized spacial score (nSPS) is 19.4. The Bertz CT molecular complexity index is 1420. The summed E-state index contributed by atoms with van der Waals surface area (Å²) >= 11 is 1.21. The highest BCUT2D eigenvalue weighted by Gasteiger charge is 2.34. The van der Waals surface area contributed by atoms with E-state index in [9.17, 15) is 19.5 Å². The third-order valence-corrected chi connectivity index (χ3v) is 8.34. The van der Waals surface area contributed by atoms with E-state index in [0.717, 1.165) is 29.8 Å². The molecule has 10 nitrogen and oxygen atoms in total. The van der Waals surface area contributed by atoms with Gasteiger partial charge in [-0.2, -0.15) is 0 Å². The van der Waals surface area contributed by atoms with Crippen LogP contribution in [0.3, 0.4) is 0 Å². The van der Waals surface area contributed by atoms with Crippen molar-refractivity contribution >= 4 is 56.6 Å². The molecule has 1 saturated carbocycles. The molecule has 2 fully saturated rings. The minimum atomic E-state index is -0.991. The number of thiophene rings is 1. The summed E-state index contributed by atoms with van der Waals surface area (Å²) in [6.45, 7) is 2.65. The molecular weight excluding hydrogens is 494 g/mol. The Hall–Kier alpha value is -3.86. The second kappa shape index (κ2) is 9.22. The van der Waals surface area contributed by atoms with Gasteiger partial charge in [-0.25, -0.2) is 14.6 Å². The van der Waals surface area contributed by atoms with Gasteiger partial charge in [0.2, 0.25) is 0 Å². The van der Waals surface area contributed by atoms with E-state index in [4.69, 9.17) is 4.74 Å². The van der Waals surface area contributed by atoms with Gasteiger partial charge in [0.05, 0.1) is 28.6 Å². The summed E-state index contributed by atoms with van der Waals surface area (Å²) in [4.78, 5) is 46.4. The van der Waals surface area contributed by atoms with Crippen LogP contribution in [-0.2, 0) is 0 Å². The molecule has 1 aliphatic carbocycles. The number of anilines is 3. The van der Waals surface area contributed by atoms with Crippen molar-refractivity contribution in [3.05, 3.63) is 40.9 Å². The van der Waals surface area contributed by atoms with Crippen molar-refractivity contribution in [3.8, 4) is 5.75 Å². The number of ether oxygens (including phenoxy) is 1. The number of likely N-dealkylation sites (tertiary alicyclic amines) is 1. The summed E-state index contributed by atoms with van der Waals surface area (Å²) in [6, 6.07) is 6.85. The molecule has 1 unspecified atom stereocenters. The van der Waals surface area contributed by atoms with Crippen LogP contribution in [0.2, 0.25) is 0 Å². The smallest absolute Gasteiger partial charge is 0.407 e. The van der Waals surface area contributed by atoms with Gasteiger partial charge in [0, 0.05) is 25.3 Å². The number of hydrogen-bond acceptors (Lipinski definition) is 6. The van der Waals surface area contributed by atoms with Crippen molar-refractivity contribution in [2.45, 2.75) is 51.2 Å². The van der Waals surface area contributed by atoms with E-state index < -0.39 is 6.09 Å². The second-order valence-corrected chi connectivity index (χ2v) is 10.7. The number of urea groups is 1. The highest BCUT2D eigenvalue weighted by Crippen LogP contribution is 2.46. The Labute approximate surface area is 217 Å². The number of nitrogens with one attached hydrogen (secondary N) is 2. The summed E-state index contributed by atoms with van der Waals surface area (Å²) in [5.41, 5.74) is 2.72. The first-order chi connectivity index (χ1) is 17.9. The summed E-state index contributed by atoms with van der Waals surface area (Å²) in [5, 5.41) is 15.9. The quantitative estimate of drug-likeness (QED) is 0.430. The van der Waals surface area contributed by atoms with Crippen LogP contribution in [0, 0.1) is 6.92 Å². The first-order valence-electron chi connectivity index (χ1n) is 12.5. The fraction of sp³-hybridized carbons (Fsp3) is 0.385. The first kappa shape index (κ1) is 23.5. The molecule has 1 aromatic carbocycles. The SMILES string of the molecule is Cc1cc(OC2CCC2)ccc1N1C(=O)Nc2c(C(=O)NC3CCCN(C(=O)O)C3)sc3nccc1c23. The minimum absolute atomic E-state index is 0.241. The minimum Gasteiger partial charge on any atom is -0.490 e.